The molecular weight excluding hydrogens is 204 g/mol. The SMILES string of the molecule is Nc1c2c(nn1C1CCCOC1)CNCC2. The molecular formula is C11H18N4O. The molecule has 0 radical (unpaired) electrons. The zero-order chi connectivity index (χ0) is 11.0. The van der Waals surface area contributed by atoms with Crippen molar-refractivity contribution in [3.63, 3.8) is 0 Å². The number of fused-ring (bicyclic) bond motifs is 1. The molecule has 1 fully saturated rings. The number of aromatic nitrogens is 2. The summed E-state index contributed by atoms with van der Waals surface area (Å²) in [5.74, 6) is 0.854. The normalized spacial score (nSPS) is 25.4. The molecule has 1 saturated heterocycles. The molecule has 0 aromatic carbocycles. The summed E-state index contributed by atoms with van der Waals surface area (Å²) in [6.45, 7) is 3.47. The Hall–Kier alpha value is -1.07. The second kappa shape index (κ2) is 4.07. The molecule has 5 nitrogen and oxygen atoms in total. The molecule has 0 saturated carbocycles. The summed E-state index contributed by atoms with van der Waals surface area (Å²) in [6, 6.07) is 0.333. The van der Waals surface area contributed by atoms with Gasteiger partial charge in [-0.1, -0.05) is 0 Å². The number of ether oxygens (including phenoxy) is 1. The van der Waals surface area contributed by atoms with Crippen LogP contribution in [-0.4, -0.2) is 29.5 Å². The first-order valence-electron chi connectivity index (χ1n) is 6.00. The van der Waals surface area contributed by atoms with E-state index in [0.717, 1.165) is 57.1 Å². The zero-order valence-corrected chi connectivity index (χ0v) is 9.41. The third-order valence-electron chi connectivity index (χ3n) is 3.46. The second-order valence-corrected chi connectivity index (χ2v) is 4.55. The van der Waals surface area contributed by atoms with E-state index in [1.54, 1.807) is 0 Å². The molecule has 0 spiro atoms. The fourth-order valence-corrected chi connectivity index (χ4v) is 2.56. The molecule has 2 aliphatic rings. The van der Waals surface area contributed by atoms with Crippen LogP contribution in [0, 0.1) is 0 Å². The van der Waals surface area contributed by atoms with Gasteiger partial charge >= 0.3 is 0 Å². The van der Waals surface area contributed by atoms with Crippen molar-refractivity contribution in [2.45, 2.75) is 31.8 Å². The quantitative estimate of drug-likeness (QED) is 0.724. The van der Waals surface area contributed by atoms with E-state index in [9.17, 15) is 0 Å². The van der Waals surface area contributed by atoms with E-state index in [1.165, 1.54) is 5.56 Å². The van der Waals surface area contributed by atoms with Crippen LogP contribution in [0.25, 0.3) is 0 Å². The molecule has 1 aromatic rings. The van der Waals surface area contributed by atoms with E-state index in [1.807, 2.05) is 4.68 Å². The number of nitrogens with one attached hydrogen (secondary N) is 1. The number of rotatable bonds is 1. The van der Waals surface area contributed by atoms with Crippen molar-refractivity contribution >= 4 is 5.82 Å². The summed E-state index contributed by atoms with van der Waals surface area (Å²) in [5, 5.41) is 7.94. The van der Waals surface area contributed by atoms with Gasteiger partial charge in [-0.15, -0.1) is 0 Å². The highest BCUT2D eigenvalue weighted by molar-refractivity contribution is 5.45. The Kier molecular flexibility index (Phi) is 2.57. The minimum Gasteiger partial charge on any atom is -0.384 e. The highest BCUT2D eigenvalue weighted by atomic mass is 16.5. The Morgan fingerprint density at radius 1 is 1.50 bits per heavy atom. The molecule has 1 unspecified atom stereocenters. The van der Waals surface area contributed by atoms with Crippen LogP contribution < -0.4 is 11.1 Å². The maximum Gasteiger partial charge on any atom is 0.125 e. The van der Waals surface area contributed by atoms with Crippen molar-refractivity contribution in [1.29, 1.82) is 0 Å². The Morgan fingerprint density at radius 2 is 2.44 bits per heavy atom. The van der Waals surface area contributed by atoms with Crippen LogP contribution in [0.2, 0.25) is 0 Å². The summed E-state index contributed by atoms with van der Waals surface area (Å²) in [5.41, 5.74) is 8.53. The van der Waals surface area contributed by atoms with E-state index in [0.29, 0.717) is 6.04 Å². The largest absolute Gasteiger partial charge is 0.384 e. The zero-order valence-electron chi connectivity index (χ0n) is 9.41. The number of anilines is 1. The van der Waals surface area contributed by atoms with Crippen molar-refractivity contribution in [2.75, 3.05) is 25.5 Å². The average molecular weight is 222 g/mol. The molecule has 1 aromatic heterocycles. The number of nitrogen functional groups attached to an aromatic ring is 1. The lowest BCUT2D eigenvalue weighted by molar-refractivity contribution is 0.0556. The molecule has 0 aliphatic carbocycles. The van der Waals surface area contributed by atoms with Crippen LogP contribution in [-0.2, 0) is 17.7 Å². The number of nitrogens with two attached hydrogens (primary N) is 1. The monoisotopic (exact) mass is 222 g/mol. The standard InChI is InChI=1S/C11H18N4O/c12-11-9-3-4-13-6-10(9)14-15(11)8-2-1-5-16-7-8/h8,13H,1-7,12H2. The summed E-state index contributed by atoms with van der Waals surface area (Å²) < 4.78 is 7.47. The van der Waals surface area contributed by atoms with Gasteiger partial charge in [0, 0.05) is 18.7 Å². The predicted octanol–water partition coefficient (Wildman–Crippen LogP) is 0.462. The van der Waals surface area contributed by atoms with Gasteiger partial charge in [-0.2, -0.15) is 5.10 Å². The van der Waals surface area contributed by atoms with E-state index in [4.69, 9.17) is 10.5 Å². The lowest BCUT2D eigenvalue weighted by Crippen LogP contribution is -2.23. The van der Waals surface area contributed by atoms with Crippen LogP contribution >= 0.6 is 0 Å². The maximum absolute atomic E-state index is 6.17. The predicted molar refractivity (Wildman–Crippen MR) is 61.1 cm³/mol. The third kappa shape index (κ3) is 1.60. The van der Waals surface area contributed by atoms with Gasteiger partial charge in [0.25, 0.3) is 0 Å². The van der Waals surface area contributed by atoms with Gasteiger partial charge in [-0.25, -0.2) is 4.68 Å². The number of nitrogens with zero attached hydrogens (tertiary/aromatic N) is 2. The van der Waals surface area contributed by atoms with Gasteiger partial charge in [-0.3, -0.25) is 0 Å². The first-order valence-corrected chi connectivity index (χ1v) is 6.00. The van der Waals surface area contributed by atoms with Crippen molar-refractivity contribution in [2.24, 2.45) is 0 Å². The van der Waals surface area contributed by atoms with Crippen molar-refractivity contribution in [3.05, 3.63) is 11.3 Å². The lowest BCUT2D eigenvalue weighted by atomic mass is 10.1. The number of hydrogen-bond donors (Lipinski definition) is 2. The molecule has 16 heavy (non-hydrogen) atoms. The van der Waals surface area contributed by atoms with Gasteiger partial charge in [0.1, 0.15) is 5.82 Å². The van der Waals surface area contributed by atoms with Gasteiger partial charge < -0.3 is 15.8 Å². The van der Waals surface area contributed by atoms with Crippen molar-refractivity contribution in [3.8, 4) is 0 Å². The van der Waals surface area contributed by atoms with E-state index in [2.05, 4.69) is 10.4 Å². The minimum atomic E-state index is 0.333. The van der Waals surface area contributed by atoms with Crippen LogP contribution in [0.5, 0.6) is 0 Å². The molecule has 0 amide bonds. The molecule has 3 rings (SSSR count). The van der Waals surface area contributed by atoms with E-state index < -0.39 is 0 Å². The third-order valence-corrected chi connectivity index (χ3v) is 3.46. The van der Waals surface area contributed by atoms with Crippen LogP contribution in [0.4, 0.5) is 5.82 Å². The van der Waals surface area contributed by atoms with E-state index >= 15 is 0 Å². The topological polar surface area (TPSA) is 65.1 Å². The van der Waals surface area contributed by atoms with Crippen molar-refractivity contribution < 1.29 is 4.74 Å². The van der Waals surface area contributed by atoms with Gasteiger partial charge in [0.15, 0.2) is 0 Å². The van der Waals surface area contributed by atoms with Crippen LogP contribution in [0.1, 0.15) is 30.1 Å². The molecule has 2 aliphatic heterocycles. The Bertz CT molecular complexity index is 382. The fraction of sp³-hybridized carbons (Fsp3) is 0.727. The summed E-state index contributed by atoms with van der Waals surface area (Å²) in [6.07, 6.45) is 3.22. The van der Waals surface area contributed by atoms with Gasteiger partial charge in [0.05, 0.1) is 18.3 Å². The molecule has 5 heteroatoms. The maximum atomic E-state index is 6.17. The Morgan fingerprint density at radius 3 is 3.19 bits per heavy atom. The smallest absolute Gasteiger partial charge is 0.125 e. The molecule has 88 valence electrons. The van der Waals surface area contributed by atoms with E-state index in [-0.39, 0.29) is 0 Å². The van der Waals surface area contributed by atoms with Crippen LogP contribution in [0.3, 0.4) is 0 Å². The molecule has 1 atom stereocenters. The molecule has 3 heterocycles. The summed E-state index contributed by atoms with van der Waals surface area (Å²) in [4.78, 5) is 0. The highest BCUT2D eigenvalue weighted by Gasteiger charge is 2.24. The van der Waals surface area contributed by atoms with Gasteiger partial charge in [0.2, 0.25) is 0 Å². The highest BCUT2D eigenvalue weighted by Crippen LogP contribution is 2.27. The minimum absolute atomic E-state index is 0.333. The van der Waals surface area contributed by atoms with Crippen molar-refractivity contribution in [1.82, 2.24) is 15.1 Å². The second-order valence-electron chi connectivity index (χ2n) is 4.55. The average Bonchev–Trinajstić information content (AvgIpc) is 2.69. The Balaban J connectivity index is 1.91. The van der Waals surface area contributed by atoms with Crippen LogP contribution in [0.15, 0.2) is 0 Å². The Labute approximate surface area is 94.9 Å². The first kappa shape index (κ1) is 10.1. The lowest BCUT2D eigenvalue weighted by Gasteiger charge is -2.23. The first-order chi connectivity index (χ1) is 7.86. The number of hydrogen-bond acceptors (Lipinski definition) is 4. The summed E-state index contributed by atoms with van der Waals surface area (Å²) >= 11 is 0. The molecule has 3 N–H and O–H groups in total. The molecule has 0 bridgehead atoms. The summed E-state index contributed by atoms with van der Waals surface area (Å²) in [7, 11) is 0. The fourth-order valence-electron chi connectivity index (χ4n) is 2.56. The van der Waals surface area contributed by atoms with Gasteiger partial charge in [-0.05, 0) is 25.8 Å².